The molecule has 3 aromatic heterocycles. The van der Waals surface area contributed by atoms with Gasteiger partial charge in [-0.05, 0) is 48.4 Å². The van der Waals surface area contributed by atoms with Gasteiger partial charge in [0, 0.05) is 48.8 Å². The van der Waals surface area contributed by atoms with Gasteiger partial charge in [0.05, 0.1) is 18.5 Å². The Balaban J connectivity index is 1.29. The van der Waals surface area contributed by atoms with Crippen molar-refractivity contribution >= 4 is 34.4 Å². The first-order valence-electron chi connectivity index (χ1n) is 10.9. The molecule has 1 aliphatic rings. The molecule has 1 unspecified atom stereocenters. The van der Waals surface area contributed by atoms with Crippen molar-refractivity contribution in [3.8, 4) is 6.07 Å². The molecule has 0 fully saturated rings. The number of rotatable bonds is 8. The number of hydrogen-bond acceptors (Lipinski definition) is 7. The Labute approximate surface area is 201 Å². The van der Waals surface area contributed by atoms with E-state index in [1.165, 1.54) is 17.4 Å². The van der Waals surface area contributed by atoms with Gasteiger partial charge in [0.15, 0.2) is 0 Å². The lowest BCUT2D eigenvalue weighted by Gasteiger charge is -2.21. The Hall–Kier alpha value is -3.97. The Bertz CT molecular complexity index is 1200. The molecule has 174 valence electrons. The molecule has 1 aliphatic carbocycles. The van der Waals surface area contributed by atoms with Crippen molar-refractivity contribution in [2.45, 2.75) is 25.8 Å². The monoisotopic (exact) mass is 476 g/mol. The largest absolute Gasteiger partial charge is 0.449 e. The van der Waals surface area contributed by atoms with Crippen LogP contribution in [-0.2, 0) is 28.9 Å². The van der Waals surface area contributed by atoms with Crippen LogP contribution >= 0.6 is 11.3 Å². The average Bonchev–Trinajstić information content (AvgIpc) is 3.49. The second-order valence-corrected chi connectivity index (χ2v) is 8.97. The van der Waals surface area contributed by atoms with Crippen molar-refractivity contribution in [2.75, 3.05) is 18.5 Å². The van der Waals surface area contributed by atoms with Gasteiger partial charge in [-0.25, -0.2) is 9.78 Å². The fourth-order valence-corrected chi connectivity index (χ4v) is 5.07. The molecule has 4 rings (SSSR count). The van der Waals surface area contributed by atoms with Gasteiger partial charge < -0.3 is 19.9 Å². The number of alkyl carbamates (subject to hydrolysis) is 1. The Morgan fingerprint density at radius 2 is 2.26 bits per heavy atom. The summed E-state index contributed by atoms with van der Waals surface area (Å²) in [6, 6.07) is 5.89. The van der Waals surface area contributed by atoms with Crippen LogP contribution in [0.5, 0.6) is 0 Å². The molecule has 1 atom stereocenters. The van der Waals surface area contributed by atoms with Crippen LogP contribution in [0.15, 0.2) is 49.3 Å². The van der Waals surface area contributed by atoms with Crippen LogP contribution in [-0.4, -0.2) is 39.7 Å². The third kappa shape index (κ3) is 6.08. The molecule has 34 heavy (non-hydrogen) atoms. The number of carbonyl (C=O) groups is 2. The van der Waals surface area contributed by atoms with Crippen LogP contribution in [0.4, 0.5) is 9.80 Å². The molecule has 0 saturated carbocycles. The number of amides is 2. The molecule has 2 N–H and O–H groups in total. The molecule has 3 aromatic rings. The zero-order valence-corrected chi connectivity index (χ0v) is 19.3. The van der Waals surface area contributed by atoms with E-state index in [0.717, 1.165) is 22.4 Å². The SMILES string of the molecule is N#Cc1c(NC(=O)/C=C/c2cccnc2)sc2c1CCC(COC(=O)NCCn1ccnc1)C2. The molecule has 10 heteroatoms. The summed E-state index contributed by atoms with van der Waals surface area (Å²) in [5, 5.41) is 15.8. The maximum atomic E-state index is 12.4. The molecule has 0 bridgehead atoms. The van der Waals surface area contributed by atoms with Gasteiger partial charge in [-0.3, -0.25) is 9.78 Å². The first-order chi connectivity index (χ1) is 16.6. The van der Waals surface area contributed by atoms with E-state index in [2.05, 4.69) is 26.7 Å². The number of nitrogens with zero attached hydrogens (tertiary/aromatic N) is 4. The van der Waals surface area contributed by atoms with E-state index in [-0.39, 0.29) is 11.8 Å². The summed E-state index contributed by atoms with van der Waals surface area (Å²) in [6.07, 6.45) is 13.4. The Morgan fingerprint density at radius 3 is 3.03 bits per heavy atom. The van der Waals surface area contributed by atoms with Gasteiger partial charge in [0.25, 0.3) is 0 Å². The zero-order valence-electron chi connectivity index (χ0n) is 18.4. The summed E-state index contributed by atoms with van der Waals surface area (Å²) in [4.78, 5) is 33.4. The van der Waals surface area contributed by atoms with Crippen LogP contribution < -0.4 is 10.6 Å². The first-order valence-corrected chi connectivity index (χ1v) is 11.7. The van der Waals surface area contributed by atoms with E-state index >= 15 is 0 Å². The second-order valence-electron chi connectivity index (χ2n) is 7.86. The normalized spacial score (nSPS) is 14.9. The number of anilines is 1. The fraction of sp³-hybridized carbons (Fsp3) is 0.292. The predicted octanol–water partition coefficient (Wildman–Crippen LogP) is 3.39. The third-order valence-corrected chi connectivity index (χ3v) is 6.65. The number of aromatic nitrogens is 3. The second kappa shape index (κ2) is 11.2. The minimum Gasteiger partial charge on any atom is -0.449 e. The minimum absolute atomic E-state index is 0.172. The van der Waals surface area contributed by atoms with Gasteiger partial charge in [0.1, 0.15) is 11.1 Å². The van der Waals surface area contributed by atoms with Gasteiger partial charge in [0.2, 0.25) is 5.91 Å². The van der Waals surface area contributed by atoms with Gasteiger partial charge in [-0.15, -0.1) is 11.3 Å². The maximum Gasteiger partial charge on any atom is 0.407 e. The highest BCUT2D eigenvalue weighted by atomic mass is 32.1. The highest BCUT2D eigenvalue weighted by molar-refractivity contribution is 7.16. The minimum atomic E-state index is -0.442. The van der Waals surface area contributed by atoms with Crippen molar-refractivity contribution < 1.29 is 14.3 Å². The molecule has 0 aromatic carbocycles. The van der Waals surface area contributed by atoms with E-state index in [1.54, 1.807) is 37.1 Å². The molecule has 2 amide bonds. The lowest BCUT2D eigenvalue weighted by atomic mass is 9.88. The maximum absolute atomic E-state index is 12.4. The van der Waals surface area contributed by atoms with Crippen LogP contribution in [0.1, 0.15) is 28.0 Å². The Morgan fingerprint density at radius 1 is 1.35 bits per heavy atom. The molecular weight excluding hydrogens is 452 g/mol. The fourth-order valence-electron chi connectivity index (χ4n) is 3.75. The molecule has 0 radical (unpaired) electrons. The van der Waals surface area contributed by atoms with E-state index in [9.17, 15) is 14.9 Å². The highest BCUT2D eigenvalue weighted by Gasteiger charge is 2.27. The number of imidazole rings is 1. The summed E-state index contributed by atoms with van der Waals surface area (Å²) >= 11 is 1.42. The van der Waals surface area contributed by atoms with E-state index in [1.807, 2.05) is 16.8 Å². The third-order valence-electron chi connectivity index (χ3n) is 5.48. The van der Waals surface area contributed by atoms with Crippen LogP contribution in [0.25, 0.3) is 6.08 Å². The molecule has 0 spiro atoms. The summed E-state index contributed by atoms with van der Waals surface area (Å²) in [5.74, 6) is -0.127. The molecule has 3 heterocycles. The number of pyridine rings is 1. The number of fused-ring (bicyclic) bond motifs is 1. The standard InChI is InChI=1S/C24H24N6O3S/c25-13-20-19-5-3-18(15-33-24(32)28-9-11-30-10-8-27-16-30)12-21(19)34-23(20)29-22(31)6-4-17-2-1-7-26-14-17/h1-2,4,6-8,10,14,16,18H,3,5,9,11-12,15H2,(H,28,32)(H,29,31)/b6-4+. The quantitative estimate of drug-likeness (QED) is 0.481. The number of carbonyl (C=O) groups excluding carboxylic acids is 2. The van der Waals surface area contributed by atoms with Crippen molar-refractivity contribution in [3.63, 3.8) is 0 Å². The molecule has 0 saturated heterocycles. The predicted molar refractivity (Wildman–Crippen MR) is 128 cm³/mol. The Kier molecular flexibility index (Phi) is 7.67. The smallest absolute Gasteiger partial charge is 0.407 e. The lowest BCUT2D eigenvalue weighted by Crippen LogP contribution is -2.30. The van der Waals surface area contributed by atoms with Crippen molar-refractivity contribution in [3.05, 3.63) is 70.9 Å². The van der Waals surface area contributed by atoms with Crippen molar-refractivity contribution in [1.29, 1.82) is 5.26 Å². The number of nitriles is 1. The van der Waals surface area contributed by atoms with Gasteiger partial charge >= 0.3 is 6.09 Å². The van der Waals surface area contributed by atoms with E-state index in [0.29, 0.717) is 43.1 Å². The first kappa shape index (κ1) is 23.2. The number of thiophene rings is 1. The van der Waals surface area contributed by atoms with Gasteiger partial charge in [-0.2, -0.15) is 5.26 Å². The molecule has 0 aliphatic heterocycles. The van der Waals surface area contributed by atoms with Crippen molar-refractivity contribution in [2.24, 2.45) is 5.92 Å². The van der Waals surface area contributed by atoms with Crippen LogP contribution in [0.2, 0.25) is 0 Å². The zero-order chi connectivity index (χ0) is 23.8. The highest BCUT2D eigenvalue weighted by Crippen LogP contribution is 2.39. The van der Waals surface area contributed by atoms with Gasteiger partial charge in [-0.1, -0.05) is 6.07 Å². The van der Waals surface area contributed by atoms with Crippen molar-refractivity contribution in [1.82, 2.24) is 19.9 Å². The summed E-state index contributed by atoms with van der Waals surface area (Å²) < 4.78 is 7.27. The summed E-state index contributed by atoms with van der Waals surface area (Å²) in [5.41, 5.74) is 2.33. The average molecular weight is 477 g/mol. The number of ether oxygens (including phenoxy) is 1. The number of nitrogens with one attached hydrogen (secondary N) is 2. The topological polar surface area (TPSA) is 122 Å². The lowest BCUT2D eigenvalue weighted by molar-refractivity contribution is -0.111. The van der Waals surface area contributed by atoms with E-state index < -0.39 is 6.09 Å². The van der Waals surface area contributed by atoms with Crippen LogP contribution in [0.3, 0.4) is 0 Å². The van der Waals surface area contributed by atoms with E-state index in [4.69, 9.17) is 4.74 Å². The molecule has 9 nitrogen and oxygen atoms in total. The number of hydrogen-bond donors (Lipinski definition) is 2. The molecular formula is C24H24N6O3S. The summed E-state index contributed by atoms with van der Waals surface area (Å²) in [6.45, 7) is 1.39. The summed E-state index contributed by atoms with van der Waals surface area (Å²) in [7, 11) is 0. The van der Waals surface area contributed by atoms with Crippen LogP contribution in [0, 0.1) is 17.2 Å².